The van der Waals surface area contributed by atoms with E-state index in [2.05, 4.69) is 10.1 Å². The first-order chi connectivity index (χ1) is 10.4. The lowest BCUT2D eigenvalue weighted by Crippen LogP contribution is -2.43. The van der Waals surface area contributed by atoms with Crippen LogP contribution in [-0.4, -0.2) is 17.3 Å². The maximum absolute atomic E-state index is 13.4. The molecule has 0 saturated heterocycles. The van der Waals surface area contributed by atoms with Gasteiger partial charge < -0.3 is 9.26 Å². The smallest absolute Gasteiger partial charge is 0.265 e. The second-order valence-electron chi connectivity index (χ2n) is 6.36. The molecule has 3 rings (SSSR count). The first-order valence-electron chi connectivity index (χ1n) is 7.12. The molecule has 0 radical (unpaired) electrons. The quantitative estimate of drug-likeness (QED) is 0.866. The van der Waals surface area contributed by atoms with Crippen molar-refractivity contribution >= 4 is 0 Å². The van der Waals surface area contributed by atoms with Gasteiger partial charge in [-0.05, 0) is 18.6 Å². The standard InChI is InChI=1S/C16H18F2N2O2/c1-15(2)9-16(21-3,7-10-8-20-22-13(10)15)12-11(14(17)18)5-4-6-19-12/h4-6,8,14H,7,9H2,1-3H3/t16-/m1/s1. The van der Waals surface area contributed by atoms with Crippen molar-refractivity contribution in [3.8, 4) is 0 Å². The number of aromatic nitrogens is 2. The summed E-state index contributed by atoms with van der Waals surface area (Å²) in [5.74, 6) is 0.787. The Morgan fingerprint density at radius 1 is 1.36 bits per heavy atom. The number of rotatable bonds is 3. The highest BCUT2D eigenvalue weighted by Gasteiger charge is 2.49. The van der Waals surface area contributed by atoms with Gasteiger partial charge in [-0.3, -0.25) is 4.98 Å². The van der Waals surface area contributed by atoms with E-state index in [4.69, 9.17) is 9.26 Å². The zero-order valence-electron chi connectivity index (χ0n) is 12.8. The first-order valence-corrected chi connectivity index (χ1v) is 7.12. The predicted molar refractivity (Wildman–Crippen MR) is 75.7 cm³/mol. The molecule has 0 aromatic carbocycles. The van der Waals surface area contributed by atoms with Crippen molar-refractivity contribution in [2.24, 2.45) is 0 Å². The van der Waals surface area contributed by atoms with Gasteiger partial charge in [0, 0.05) is 36.3 Å². The molecule has 22 heavy (non-hydrogen) atoms. The monoisotopic (exact) mass is 308 g/mol. The summed E-state index contributed by atoms with van der Waals surface area (Å²) in [6, 6.07) is 2.93. The van der Waals surface area contributed by atoms with Gasteiger partial charge in [-0.2, -0.15) is 0 Å². The fourth-order valence-corrected chi connectivity index (χ4v) is 3.49. The molecule has 118 valence electrons. The summed E-state index contributed by atoms with van der Waals surface area (Å²) in [4.78, 5) is 4.23. The van der Waals surface area contributed by atoms with Crippen molar-refractivity contribution in [2.45, 2.75) is 44.1 Å². The third-order valence-corrected chi connectivity index (χ3v) is 4.36. The third kappa shape index (κ3) is 2.22. The molecule has 2 heterocycles. The van der Waals surface area contributed by atoms with Gasteiger partial charge >= 0.3 is 0 Å². The van der Waals surface area contributed by atoms with Crippen molar-refractivity contribution in [2.75, 3.05) is 7.11 Å². The van der Waals surface area contributed by atoms with Gasteiger partial charge in [0.25, 0.3) is 6.43 Å². The van der Waals surface area contributed by atoms with Crippen LogP contribution in [0.5, 0.6) is 0 Å². The lowest BCUT2D eigenvalue weighted by Gasteiger charge is -2.42. The van der Waals surface area contributed by atoms with E-state index >= 15 is 0 Å². The van der Waals surface area contributed by atoms with Crippen LogP contribution >= 0.6 is 0 Å². The zero-order valence-corrected chi connectivity index (χ0v) is 12.8. The van der Waals surface area contributed by atoms with Gasteiger partial charge in [-0.1, -0.05) is 19.0 Å². The number of alkyl halides is 2. The SMILES string of the molecule is CO[C@]1(c2ncccc2C(F)F)Cc2cnoc2C(C)(C)C1. The van der Waals surface area contributed by atoms with Crippen molar-refractivity contribution in [1.29, 1.82) is 0 Å². The molecule has 1 atom stereocenters. The highest BCUT2D eigenvalue weighted by Crippen LogP contribution is 2.48. The van der Waals surface area contributed by atoms with E-state index in [9.17, 15) is 8.78 Å². The Morgan fingerprint density at radius 2 is 2.14 bits per heavy atom. The predicted octanol–water partition coefficient (Wildman–Crippen LogP) is 3.77. The Labute approximate surface area is 127 Å². The molecule has 4 nitrogen and oxygen atoms in total. The number of ether oxygens (including phenoxy) is 1. The van der Waals surface area contributed by atoms with E-state index in [1.165, 1.54) is 18.3 Å². The van der Waals surface area contributed by atoms with E-state index in [1.54, 1.807) is 13.3 Å². The lowest BCUT2D eigenvalue weighted by molar-refractivity contribution is -0.0533. The van der Waals surface area contributed by atoms with Crippen LogP contribution in [0.4, 0.5) is 8.78 Å². The normalized spacial score (nSPS) is 23.5. The first kappa shape index (κ1) is 15.1. The summed E-state index contributed by atoms with van der Waals surface area (Å²) in [5.41, 5.74) is -0.192. The van der Waals surface area contributed by atoms with Crippen LogP contribution in [-0.2, 0) is 22.2 Å². The fraction of sp³-hybridized carbons (Fsp3) is 0.500. The van der Waals surface area contributed by atoms with Crippen LogP contribution in [0, 0.1) is 0 Å². The Morgan fingerprint density at radius 3 is 2.82 bits per heavy atom. The van der Waals surface area contributed by atoms with E-state index < -0.39 is 12.0 Å². The molecule has 0 amide bonds. The summed E-state index contributed by atoms with van der Waals surface area (Å²) >= 11 is 0. The second-order valence-corrected chi connectivity index (χ2v) is 6.36. The molecule has 0 unspecified atom stereocenters. The molecular weight excluding hydrogens is 290 g/mol. The van der Waals surface area contributed by atoms with Crippen LogP contribution in [0.1, 0.15) is 49.3 Å². The molecule has 0 fully saturated rings. The molecule has 0 saturated carbocycles. The fourth-order valence-electron chi connectivity index (χ4n) is 3.49. The lowest BCUT2D eigenvalue weighted by atomic mass is 9.68. The summed E-state index contributed by atoms with van der Waals surface area (Å²) in [7, 11) is 1.54. The number of hydrogen-bond donors (Lipinski definition) is 0. The van der Waals surface area contributed by atoms with Crippen molar-refractivity contribution in [3.63, 3.8) is 0 Å². The zero-order chi connectivity index (χ0) is 16.0. The molecule has 2 aromatic rings. The average molecular weight is 308 g/mol. The second kappa shape index (κ2) is 5.12. The van der Waals surface area contributed by atoms with Crippen LogP contribution in [0.15, 0.2) is 29.0 Å². The summed E-state index contributed by atoms with van der Waals surface area (Å²) in [6.07, 6.45) is 1.48. The van der Waals surface area contributed by atoms with E-state index in [-0.39, 0.29) is 11.0 Å². The van der Waals surface area contributed by atoms with E-state index in [0.717, 1.165) is 11.3 Å². The minimum atomic E-state index is -2.59. The number of nitrogens with zero attached hydrogens (tertiary/aromatic N) is 2. The van der Waals surface area contributed by atoms with Crippen molar-refractivity contribution in [3.05, 3.63) is 47.1 Å². The molecule has 0 spiro atoms. The summed E-state index contributed by atoms with van der Waals surface area (Å²) in [6.45, 7) is 3.99. The molecule has 1 aliphatic carbocycles. The largest absolute Gasteiger partial charge is 0.372 e. The van der Waals surface area contributed by atoms with Gasteiger partial charge in [-0.15, -0.1) is 0 Å². The molecule has 2 aromatic heterocycles. The Balaban J connectivity index is 2.16. The van der Waals surface area contributed by atoms with Crippen LogP contribution in [0.25, 0.3) is 0 Å². The molecule has 0 bridgehead atoms. The summed E-state index contributed by atoms with van der Waals surface area (Å²) in [5, 5.41) is 3.85. The number of pyridine rings is 1. The van der Waals surface area contributed by atoms with Gasteiger partial charge in [0.2, 0.25) is 0 Å². The molecular formula is C16H18F2N2O2. The Bertz CT molecular complexity index is 684. The topological polar surface area (TPSA) is 48.2 Å². The maximum Gasteiger partial charge on any atom is 0.265 e. The Hall–Kier alpha value is -1.82. The minimum absolute atomic E-state index is 0.0833. The highest BCUT2D eigenvalue weighted by molar-refractivity contribution is 5.36. The molecule has 0 aliphatic heterocycles. The van der Waals surface area contributed by atoms with Gasteiger partial charge in [0.15, 0.2) is 0 Å². The minimum Gasteiger partial charge on any atom is -0.372 e. The number of hydrogen-bond acceptors (Lipinski definition) is 4. The molecule has 0 N–H and O–H groups in total. The molecule has 1 aliphatic rings. The third-order valence-electron chi connectivity index (χ3n) is 4.36. The van der Waals surface area contributed by atoms with Gasteiger partial charge in [0.1, 0.15) is 11.4 Å². The molecule has 6 heteroatoms. The maximum atomic E-state index is 13.4. The van der Waals surface area contributed by atoms with Crippen LogP contribution in [0.2, 0.25) is 0 Å². The van der Waals surface area contributed by atoms with E-state index in [1.807, 2.05) is 13.8 Å². The van der Waals surface area contributed by atoms with Gasteiger partial charge in [0.05, 0.1) is 11.9 Å². The van der Waals surface area contributed by atoms with Crippen molar-refractivity contribution in [1.82, 2.24) is 10.1 Å². The summed E-state index contributed by atoms with van der Waals surface area (Å²) < 4.78 is 37.9. The Kier molecular flexibility index (Phi) is 3.51. The average Bonchev–Trinajstić information content (AvgIpc) is 2.95. The number of halogens is 2. The van der Waals surface area contributed by atoms with Gasteiger partial charge in [-0.25, -0.2) is 8.78 Å². The van der Waals surface area contributed by atoms with Crippen molar-refractivity contribution < 1.29 is 18.0 Å². The number of methoxy groups -OCH3 is 1. The van der Waals surface area contributed by atoms with Crippen LogP contribution < -0.4 is 0 Å². The van der Waals surface area contributed by atoms with Crippen LogP contribution in [0.3, 0.4) is 0 Å². The van der Waals surface area contributed by atoms with E-state index in [0.29, 0.717) is 18.5 Å². The highest BCUT2D eigenvalue weighted by atomic mass is 19.3. The number of fused-ring (bicyclic) bond motifs is 1.